The maximum Gasteiger partial charge on any atom is 0.326 e. The predicted octanol–water partition coefficient (Wildman–Crippen LogP) is 3.41. The van der Waals surface area contributed by atoms with E-state index in [0.29, 0.717) is 30.9 Å². The van der Waals surface area contributed by atoms with E-state index in [9.17, 15) is 14.7 Å². The molecule has 0 aliphatic carbocycles. The lowest BCUT2D eigenvalue weighted by Gasteiger charge is -2.33. The van der Waals surface area contributed by atoms with Crippen LogP contribution in [0, 0.1) is 0 Å². The van der Waals surface area contributed by atoms with E-state index >= 15 is 0 Å². The van der Waals surface area contributed by atoms with Crippen LogP contribution in [0.25, 0.3) is 0 Å². The van der Waals surface area contributed by atoms with Gasteiger partial charge in [0, 0.05) is 17.0 Å². The molecule has 3 rings (SSSR count). The molecular formula is C18H19NO4S. The number of nitrogens with zero attached hydrogens (tertiary/aromatic N) is 1. The molecule has 6 heteroatoms. The molecule has 24 heavy (non-hydrogen) atoms. The lowest BCUT2D eigenvalue weighted by Crippen LogP contribution is -2.47. The highest BCUT2D eigenvalue weighted by Gasteiger charge is 2.32. The van der Waals surface area contributed by atoms with Gasteiger partial charge < -0.3 is 14.7 Å². The minimum Gasteiger partial charge on any atom is -0.488 e. The van der Waals surface area contributed by atoms with Crippen molar-refractivity contribution in [2.24, 2.45) is 0 Å². The third-order valence-corrected chi connectivity index (χ3v) is 4.94. The number of aliphatic carboxylic acids is 1. The zero-order valence-electron chi connectivity index (χ0n) is 13.2. The highest BCUT2D eigenvalue weighted by atomic mass is 32.1. The summed E-state index contributed by atoms with van der Waals surface area (Å²) in [5, 5.41) is 11.3. The Balaban J connectivity index is 1.72. The number of thiophene rings is 1. The third kappa shape index (κ3) is 3.76. The van der Waals surface area contributed by atoms with Crippen molar-refractivity contribution in [1.29, 1.82) is 0 Å². The molecule has 0 spiro atoms. The van der Waals surface area contributed by atoms with Crippen molar-refractivity contribution in [1.82, 2.24) is 4.90 Å². The second kappa shape index (κ2) is 7.49. The smallest absolute Gasteiger partial charge is 0.326 e. The molecule has 2 heterocycles. The van der Waals surface area contributed by atoms with Crippen LogP contribution in [-0.4, -0.2) is 34.5 Å². The van der Waals surface area contributed by atoms with Crippen molar-refractivity contribution in [3.63, 3.8) is 0 Å². The number of piperidine rings is 1. The van der Waals surface area contributed by atoms with E-state index in [4.69, 9.17) is 4.74 Å². The molecule has 0 radical (unpaired) electrons. The second-order valence-electron chi connectivity index (χ2n) is 5.74. The molecule has 0 bridgehead atoms. The molecule has 1 N–H and O–H groups in total. The number of amides is 1. The fraction of sp³-hybridized carbons (Fsp3) is 0.333. The van der Waals surface area contributed by atoms with Gasteiger partial charge in [-0.05, 0) is 48.9 Å². The summed E-state index contributed by atoms with van der Waals surface area (Å²) in [6.07, 6.45) is 2.18. The summed E-state index contributed by atoms with van der Waals surface area (Å²) in [7, 11) is 0. The first kappa shape index (κ1) is 16.5. The van der Waals surface area contributed by atoms with Crippen LogP contribution in [0.3, 0.4) is 0 Å². The molecule has 1 atom stereocenters. The summed E-state index contributed by atoms with van der Waals surface area (Å²) >= 11 is 1.61. The van der Waals surface area contributed by atoms with Gasteiger partial charge in [0.15, 0.2) is 0 Å². The summed E-state index contributed by atoms with van der Waals surface area (Å²) in [5.74, 6) is -0.574. The Hall–Kier alpha value is -2.34. The molecule has 0 saturated carbocycles. The molecule has 1 amide bonds. The number of ether oxygens (including phenoxy) is 1. The van der Waals surface area contributed by atoms with Gasteiger partial charge in [0.25, 0.3) is 5.91 Å². The average Bonchev–Trinajstić information content (AvgIpc) is 3.13. The van der Waals surface area contributed by atoms with Crippen LogP contribution in [0.1, 0.15) is 34.5 Å². The maximum atomic E-state index is 12.7. The Morgan fingerprint density at radius 1 is 1.25 bits per heavy atom. The lowest BCUT2D eigenvalue weighted by molar-refractivity contribution is -0.143. The van der Waals surface area contributed by atoms with Crippen LogP contribution >= 0.6 is 11.3 Å². The third-order valence-electron chi connectivity index (χ3n) is 4.09. The van der Waals surface area contributed by atoms with E-state index < -0.39 is 12.0 Å². The molecule has 5 nitrogen and oxygen atoms in total. The average molecular weight is 345 g/mol. The van der Waals surface area contributed by atoms with Gasteiger partial charge in [-0.3, -0.25) is 4.79 Å². The first-order valence-corrected chi connectivity index (χ1v) is 8.82. The van der Waals surface area contributed by atoms with Crippen molar-refractivity contribution in [2.75, 3.05) is 6.54 Å². The molecule has 1 aliphatic rings. The van der Waals surface area contributed by atoms with Crippen LogP contribution in [0.4, 0.5) is 0 Å². The minimum absolute atomic E-state index is 0.247. The summed E-state index contributed by atoms with van der Waals surface area (Å²) in [4.78, 5) is 26.7. The fourth-order valence-corrected chi connectivity index (χ4v) is 3.48. The number of carboxylic acid groups (broad SMARTS) is 1. The monoisotopic (exact) mass is 345 g/mol. The Morgan fingerprint density at radius 3 is 2.88 bits per heavy atom. The van der Waals surface area contributed by atoms with Crippen molar-refractivity contribution in [3.8, 4) is 5.75 Å². The van der Waals surface area contributed by atoms with E-state index in [0.717, 1.165) is 17.7 Å². The Bertz CT molecular complexity index is 714. The molecule has 1 fully saturated rings. The summed E-state index contributed by atoms with van der Waals surface area (Å²) in [6.45, 7) is 0.937. The Morgan fingerprint density at radius 2 is 2.12 bits per heavy atom. The Labute approximate surface area is 144 Å². The van der Waals surface area contributed by atoms with E-state index in [-0.39, 0.29) is 5.91 Å². The number of rotatable bonds is 5. The topological polar surface area (TPSA) is 66.8 Å². The lowest BCUT2D eigenvalue weighted by atomic mass is 10.0. The van der Waals surface area contributed by atoms with Crippen molar-refractivity contribution >= 4 is 23.2 Å². The molecular weight excluding hydrogens is 326 g/mol. The molecule has 2 aromatic rings. The molecule has 1 aliphatic heterocycles. The standard InChI is InChI=1S/C18H19NO4S/c20-17(19-9-2-1-8-16(19)18(21)22)13-5-3-6-14(11-13)23-12-15-7-4-10-24-15/h3-7,10-11,16H,1-2,8-9,12H2,(H,21,22)/t16-/m1/s1. The van der Waals surface area contributed by atoms with Gasteiger partial charge in [-0.15, -0.1) is 11.3 Å². The van der Waals surface area contributed by atoms with Crippen LogP contribution < -0.4 is 4.74 Å². The number of hydrogen-bond acceptors (Lipinski definition) is 4. The number of likely N-dealkylation sites (tertiary alicyclic amines) is 1. The summed E-state index contributed by atoms with van der Waals surface area (Å²) in [5.41, 5.74) is 0.465. The molecule has 0 unspecified atom stereocenters. The highest BCUT2D eigenvalue weighted by Crippen LogP contribution is 2.22. The number of benzene rings is 1. The number of carbonyl (C=O) groups excluding carboxylic acids is 1. The highest BCUT2D eigenvalue weighted by molar-refractivity contribution is 7.09. The SMILES string of the molecule is O=C(O)[C@H]1CCCCN1C(=O)c1cccc(OCc2cccs2)c1. The van der Waals surface area contributed by atoms with E-state index in [1.807, 2.05) is 17.5 Å². The van der Waals surface area contributed by atoms with Crippen molar-refractivity contribution in [2.45, 2.75) is 31.9 Å². The second-order valence-corrected chi connectivity index (χ2v) is 6.78. The number of hydrogen-bond donors (Lipinski definition) is 1. The van der Waals surface area contributed by atoms with Gasteiger partial charge in [-0.1, -0.05) is 12.1 Å². The molecule has 126 valence electrons. The normalized spacial score (nSPS) is 17.5. The quantitative estimate of drug-likeness (QED) is 0.902. The maximum absolute atomic E-state index is 12.7. The number of carboxylic acids is 1. The van der Waals surface area contributed by atoms with E-state index in [1.165, 1.54) is 4.90 Å². The Kier molecular flexibility index (Phi) is 5.15. The predicted molar refractivity (Wildman–Crippen MR) is 91.4 cm³/mol. The first-order valence-electron chi connectivity index (χ1n) is 7.94. The van der Waals surface area contributed by atoms with Gasteiger partial charge >= 0.3 is 5.97 Å². The zero-order chi connectivity index (χ0) is 16.9. The van der Waals surface area contributed by atoms with Gasteiger partial charge in [0.2, 0.25) is 0 Å². The van der Waals surface area contributed by atoms with Gasteiger partial charge in [0.1, 0.15) is 18.4 Å². The zero-order valence-corrected chi connectivity index (χ0v) is 14.0. The summed E-state index contributed by atoms with van der Waals surface area (Å²) in [6, 6.07) is 10.2. The van der Waals surface area contributed by atoms with Crippen molar-refractivity contribution < 1.29 is 19.4 Å². The number of carbonyl (C=O) groups is 2. The van der Waals surface area contributed by atoms with Gasteiger partial charge in [-0.25, -0.2) is 4.79 Å². The first-order chi connectivity index (χ1) is 11.6. The largest absolute Gasteiger partial charge is 0.488 e. The summed E-state index contributed by atoms with van der Waals surface area (Å²) < 4.78 is 5.73. The van der Waals surface area contributed by atoms with Crippen LogP contribution in [-0.2, 0) is 11.4 Å². The fourth-order valence-electron chi connectivity index (χ4n) is 2.87. The van der Waals surface area contributed by atoms with Crippen LogP contribution in [0.15, 0.2) is 41.8 Å². The van der Waals surface area contributed by atoms with E-state index in [2.05, 4.69) is 0 Å². The molecule has 1 aromatic heterocycles. The van der Waals surface area contributed by atoms with Crippen LogP contribution in [0.2, 0.25) is 0 Å². The van der Waals surface area contributed by atoms with Gasteiger partial charge in [-0.2, -0.15) is 0 Å². The minimum atomic E-state index is -0.937. The molecule has 1 aromatic carbocycles. The molecule has 1 saturated heterocycles. The van der Waals surface area contributed by atoms with Crippen LogP contribution in [0.5, 0.6) is 5.75 Å². The van der Waals surface area contributed by atoms with Crippen molar-refractivity contribution in [3.05, 3.63) is 52.2 Å². The van der Waals surface area contributed by atoms with E-state index in [1.54, 1.807) is 35.6 Å². The van der Waals surface area contributed by atoms with Gasteiger partial charge in [0.05, 0.1) is 0 Å².